The maximum Gasteiger partial charge on any atom is 0.280 e. The molecule has 0 aromatic rings. The van der Waals surface area contributed by atoms with Gasteiger partial charge in [0.1, 0.15) is 0 Å². The zero-order valence-corrected chi connectivity index (χ0v) is 8.07. The summed E-state index contributed by atoms with van der Waals surface area (Å²) >= 11 is 1.72. The van der Waals surface area contributed by atoms with Crippen LogP contribution in [0, 0.1) is 11.8 Å². The molecule has 0 rings (SSSR count). The number of carbonyl (C=O) groups is 1. The Bertz CT molecular complexity index is 157. The fraction of sp³-hybridized carbons (Fsp3) is 0.571. The molecule has 0 aliphatic heterocycles. The summed E-state index contributed by atoms with van der Waals surface area (Å²) in [6.45, 7) is 2.55. The van der Waals surface area contributed by atoms with Crippen LogP contribution in [0.4, 0.5) is 4.79 Å². The van der Waals surface area contributed by atoms with Crippen LogP contribution in [0.25, 0.3) is 0 Å². The fourth-order valence-electron chi connectivity index (χ4n) is 0.488. The van der Waals surface area contributed by atoms with E-state index in [0.717, 1.165) is 19.4 Å². The molecule has 10 heavy (non-hydrogen) atoms. The quantitative estimate of drug-likeness (QED) is 0.268. The largest absolute Gasteiger partial charge is 0.347 e. The van der Waals surface area contributed by atoms with E-state index in [4.69, 9.17) is 0 Å². The summed E-state index contributed by atoms with van der Waals surface area (Å²) < 4.78 is 0.00191. The van der Waals surface area contributed by atoms with Crippen molar-refractivity contribution in [3.63, 3.8) is 0 Å². The van der Waals surface area contributed by atoms with Gasteiger partial charge in [-0.05, 0) is 13.3 Å². The highest BCUT2D eigenvalue weighted by Gasteiger charge is 1.89. The summed E-state index contributed by atoms with van der Waals surface area (Å²) in [4.78, 5) is 10.3. The Balaban J connectivity index is 3.03. The molecule has 56 valence electrons. The van der Waals surface area contributed by atoms with Crippen LogP contribution in [0.3, 0.4) is 0 Å². The lowest BCUT2D eigenvalue weighted by Gasteiger charge is -1.95. The molecule has 0 saturated heterocycles. The molecule has 0 fully saturated rings. The van der Waals surface area contributed by atoms with Gasteiger partial charge in [0, 0.05) is 35.6 Å². The first-order valence-electron chi connectivity index (χ1n) is 3.10. The van der Waals surface area contributed by atoms with Gasteiger partial charge in [-0.2, -0.15) is 0 Å². The first kappa shape index (κ1) is 9.76. The van der Waals surface area contributed by atoms with Gasteiger partial charge in [0.15, 0.2) is 0 Å². The number of amides is 1. The van der Waals surface area contributed by atoms with Crippen LogP contribution in [0.5, 0.6) is 0 Å². The predicted octanol–water partition coefficient (Wildman–Crippen LogP) is 1.93. The molecule has 0 atom stereocenters. The molecular formula is C7H10INO. The molecule has 0 aromatic heterocycles. The Morgan fingerprint density at radius 1 is 1.70 bits per heavy atom. The number of rotatable bonds is 3. The van der Waals surface area contributed by atoms with Crippen molar-refractivity contribution in [2.45, 2.75) is 19.8 Å². The summed E-state index contributed by atoms with van der Waals surface area (Å²) in [5.74, 6) is 5.71. The molecule has 2 nitrogen and oxygen atoms in total. The van der Waals surface area contributed by atoms with E-state index < -0.39 is 0 Å². The van der Waals surface area contributed by atoms with Crippen molar-refractivity contribution in [2.24, 2.45) is 0 Å². The van der Waals surface area contributed by atoms with E-state index in [2.05, 4.69) is 17.2 Å². The van der Waals surface area contributed by atoms with E-state index in [9.17, 15) is 4.79 Å². The average molecular weight is 251 g/mol. The Morgan fingerprint density at radius 3 is 2.90 bits per heavy atom. The van der Waals surface area contributed by atoms with Crippen LogP contribution < -0.4 is 5.32 Å². The van der Waals surface area contributed by atoms with Crippen molar-refractivity contribution >= 4 is 26.5 Å². The minimum atomic E-state index is 0.00191. The SMILES string of the molecule is CC#CCCCNC(=O)I. The Hall–Kier alpha value is -0.240. The molecule has 3 heteroatoms. The molecule has 0 radical (unpaired) electrons. The number of halogens is 1. The van der Waals surface area contributed by atoms with E-state index in [1.807, 2.05) is 6.92 Å². The third-order valence-corrected chi connectivity index (χ3v) is 1.30. The molecule has 0 aliphatic rings. The maximum absolute atomic E-state index is 10.3. The van der Waals surface area contributed by atoms with Gasteiger partial charge >= 0.3 is 0 Å². The number of carbonyl (C=O) groups excluding carboxylic acids is 1. The zero-order valence-electron chi connectivity index (χ0n) is 5.91. The van der Waals surface area contributed by atoms with Crippen LogP contribution in [-0.2, 0) is 0 Å². The second kappa shape index (κ2) is 6.87. The van der Waals surface area contributed by atoms with Crippen molar-refractivity contribution in [3.05, 3.63) is 0 Å². The first-order chi connectivity index (χ1) is 4.77. The van der Waals surface area contributed by atoms with E-state index >= 15 is 0 Å². The van der Waals surface area contributed by atoms with Crippen molar-refractivity contribution in [1.82, 2.24) is 5.32 Å². The lowest BCUT2D eigenvalue weighted by atomic mass is 10.3. The molecule has 0 saturated carbocycles. The second-order valence-electron chi connectivity index (χ2n) is 1.73. The van der Waals surface area contributed by atoms with E-state index in [1.165, 1.54) is 0 Å². The summed E-state index contributed by atoms with van der Waals surface area (Å²) in [6.07, 6.45) is 1.81. The van der Waals surface area contributed by atoms with Gasteiger partial charge in [-0.3, -0.25) is 4.79 Å². The zero-order chi connectivity index (χ0) is 7.82. The van der Waals surface area contributed by atoms with Gasteiger partial charge in [-0.25, -0.2) is 0 Å². The summed E-state index contributed by atoms with van der Waals surface area (Å²) in [7, 11) is 0. The van der Waals surface area contributed by atoms with Gasteiger partial charge in [0.2, 0.25) is 0 Å². The molecule has 0 spiro atoms. The highest BCUT2D eigenvalue weighted by atomic mass is 127. The maximum atomic E-state index is 10.3. The molecule has 0 aromatic carbocycles. The highest BCUT2D eigenvalue weighted by molar-refractivity contribution is 14.1. The summed E-state index contributed by atoms with van der Waals surface area (Å²) in [5, 5.41) is 2.68. The Morgan fingerprint density at radius 2 is 2.40 bits per heavy atom. The van der Waals surface area contributed by atoms with E-state index in [0.29, 0.717) is 0 Å². The minimum Gasteiger partial charge on any atom is -0.347 e. The van der Waals surface area contributed by atoms with Crippen LogP contribution in [0.15, 0.2) is 0 Å². The Labute approximate surface area is 74.9 Å². The van der Waals surface area contributed by atoms with Gasteiger partial charge in [0.25, 0.3) is 3.91 Å². The molecule has 1 amide bonds. The van der Waals surface area contributed by atoms with Gasteiger partial charge < -0.3 is 5.32 Å². The fourth-order valence-corrected chi connectivity index (χ4v) is 0.758. The van der Waals surface area contributed by atoms with Gasteiger partial charge in [-0.15, -0.1) is 11.8 Å². The third-order valence-electron chi connectivity index (χ3n) is 0.919. The molecule has 0 bridgehead atoms. The predicted molar refractivity (Wildman–Crippen MR) is 50.1 cm³/mol. The first-order valence-corrected chi connectivity index (χ1v) is 4.18. The van der Waals surface area contributed by atoms with Gasteiger partial charge in [-0.1, -0.05) is 0 Å². The van der Waals surface area contributed by atoms with Crippen molar-refractivity contribution in [3.8, 4) is 11.8 Å². The van der Waals surface area contributed by atoms with Crippen LogP contribution in [-0.4, -0.2) is 10.5 Å². The van der Waals surface area contributed by atoms with Gasteiger partial charge in [0.05, 0.1) is 0 Å². The van der Waals surface area contributed by atoms with Crippen molar-refractivity contribution < 1.29 is 4.79 Å². The summed E-state index contributed by atoms with van der Waals surface area (Å²) in [6, 6.07) is 0. The number of nitrogens with one attached hydrogen (secondary N) is 1. The van der Waals surface area contributed by atoms with E-state index in [1.54, 1.807) is 22.6 Å². The minimum absolute atomic E-state index is 0.00191. The van der Waals surface area contributed by atoms with Crippen LogP contribution in [0.1, 0.15) is 19.8 Å². The lowest BCUT2D eigenvalue weighted by Crippen LogP contribution is -2.16. The molecule has 0 unspecified atom stereocenters. The standard InChI is InChI=1S/C7H10INO/c1-2-3-4-5-6-9-7(8)10/h4-6H2,1H3,(H,9,10). The van der Waals surface area contributed by atoms with Crippen molar-refractivity contribution in [1.29, 1.82) is 0 Å². The monoisotopic (exact) mass is 251 g/mol. The number of hydrogen-bond donors (Lipinski definition) is 1. The smallest absolute Gasteiger partial charge is 0.280 e. The third kappa shape index (κ3) is 7.76. The molecular weight excluding hydrogens is 241 g/mol. The van der Waals surface area contributed by atoms with Crippen LogP contribution in [0.2, 0.25) is 0 Å². The number of hydrogen-bond acceptors (Lipinski definition) is 1. The highest BCUT2D eigenvalue weighted by Crippen LogP contribution is 1.87. The lowest BCUT2D eigenvalue weighted by molar-refractivity contribution is 0.263. The molecule has 0 aliphatic carbocycles. The Kier molecular flexibility index (Phi) is 6.71. The molecule has 0 heterocycles. The average Bonchev–Trinajstić information content (AvgIpc) is 1.87. The van der Waals surface area contributed by atoms with Crippen LogP contribution >= 0.6 is 22.6 Å². The van der Waals surface area contributed by atoms with Crippen molar-refractivity contribution in [2.75, 3.05) is 6.54 Å². The summed E-state index contributed by atoms with van der Waals surface area (Å²) in [5.41, 5.74) is 0. The normalized spacial score (nSPS) is 7.80. The topological polar surface area (TPSA) is 29.1 Å². The number of unbranched alkanes of at least 4 members (excludes halogenated alkanes) is 1. The molecule has 1 N–H and O–H groups in total. The van der Waals surface area contributed by atoms with E-state index in [-0.39, 0.29) is 3.91 Å². The second-order valence-corrected chi connectivity index (χ2v) is 2.71.